The van der Waals surface area contributed by atoms with Crippen LogP contribution < -0.4 is 10.2 Å². The lowest BCUT2D eigenvalue weighted by Gasteiger charge is -2.05. The molecule has 0 heterocycles. The number of non-ortho nitro benzene ring substituents is 1. The van der Waals surface area contributed by atoms with Gasteiger partial charge < -0.3 is 4.74 Å². The van der Waals surface area contributed by atoms with Crippen molar-refractivity contribution in [1.82, 2.24) is 5.43 Å². The van der Waals surface area contributed by atoms with Crippen molar-refractivity contribution < 1.29 is 24.2 Å². The van der Waals surface area contributed by atoms with E-state index in [2.05, 4.69) is 10.5 Å². The summed E-state index contributed by atoms with van der Waals surface area (Å²) in [6.07, 6.45) is 1.30. The largest absolute Gasteiger partial charge is 0.423 e. The molecule has 0 aliphatic heterocycles. The minimum absolute atomic E-state index is 0.0301. The van der Waals surface area contributed by atoms with Gasteiger partial charge in [0.1, 0.15) is 11.3 Å². The quantitative estimate of drug-likeness (QED) is 0.196. The van der Waals surface area contributed by atoms with Gasteiger partial charge in [-0.3, -0.25) is 25.0 Å². The summed E-state index contributed by atoms with van der Waals surface area (Å²) in [6.45, 7) is 0. The Kier molecular flexibility index (Phi) is 6.61. The van der Waals surface area contributed by atoms with Crippen molar-refractivity contribution in [2.24, 2.45) is 5.10 Å². The molecule has 3 rings (SSSR count). The second kappa shape index (κ2) is 9.71. The molecule has 3 aromatic rings. The Morgan fingerprint density at radius 1 is 0.906 bits per heavy atom. The number of benzene rings is 3. The summed E-state index contributed by atoms with van der Waals surface area (Å²) in [4.78, 5) is 44.8. The second-order valence-electron chi connectivity index (χ2n) is 6.24. The van der Waals surface area contributed by atoms with E-state index < -0.39 is 21.7 Å². The number of rotatable bonds is 7. The molecule has 0 bridgehead atoms. The van der Waals surface area contributed by atoms with Gasteiger partial charge in [-0.2, -0.15) is 5.10 Å². The van der Waals surface area contributed by atoms with Gasteiger partial charge in [-0.1, -0.05) is 18.2 Å². The maximum atomic E-state index is 12.2. The maximum Gasteiger partial charge on any atom is 0.343 e. The van der Waals surface area contributed by atoms with Gasteiger partial charge in [0, 0.05) is 18.2 Å². The highest BCUT2D eigenvalue weighted by molar-refractivity contribution is 5.98. The number of carbonyl (C=O) groups is 2. The molecule has 0 aliphatic carbocycles. The Morgan fingerprint density at radius 3 is 2.31 bits per heavy atom. The van der Waals surface area contributed by atoms with Gasteiger partial charge in [-0.05, 0) is 42.0 Å². The zero-order valence-electron chi connectivity index (χ0n) is 16.2. The number of ether oxygens (including phenoxy) is 1. The van der Waals surface area contributed by atoms with Gasteiger partial charge in [-0.15, -0.1) is 0 Å². The zero-order chi connectivity index (χ0) is 23.1. The molecule has 0 fully saturated rings. The van der Waals surface area contributed by atoms with Gasteiger partial charge in [0.25, 0.3) is 17.3 Å². The van der Waals surface area contributed by atoms with Crippen molar-refractivity contribution in [3.63, 3.8) is 0 Å². The first-order chi connectivity index (χ1) is 15.3. The summed E-state index contributed by atoms with van der Waals surface area (Å²) in [7, 11) is 0. The van der Waals surface area contributed by atoms with Crippen molar-refractivity contribution in [2.45, 2.75) is 0 Å². The first-order valence-corrected chi connectivity index (χ1v) is 8.98. The van der Waals surface area contributed by atoms with Crippen LogP contribution >= 0.6 is 0 Å². The number of nitrogens with zero attached hydrogens (tertiary/aromatic N) is 3. The van der Waals surface area contributed by atoms with E-state index in [-0.39, 0.29) is 28.3 Å². The average Bonchev–Trinajstić information content (AvgIpc) is 2.80. The summed E-state index contributed by atoms with van der Waals surface area (Å²) in [5, 5.41) is 25.6. The first kappa shape index (κ1) is 21.8. The molecule has 32 heavy (non-hydrogen) atoms. The van der Waals surface area contributed by atoms with Crippen LogP contribution in [0.4, 0.5) is 11.4 Å². The topological polar surface area (TPSA) is 154 Å². The molecule has 1 amide bonds. The zero-order valence-corrected chi connectivity index (χ0v) is 16.2. The summed E-state index contributed by atoms with van der Waals surface area (Å²) >= 11 is 0. The molecule has 0 radical (unpaired) electrons. The number of carbonyl (C=O) groups excluding carboxylic acids is 2. The fourth-order valence-corrected chi connectivity index (χ4v) is 2.58. The number of nitro groups is 2. The molecule has 0 saturated carbocycles. The monoisotopic (exact) mass is 434 g/mol. The van der Waals surface area contributed by atoms with Crippen LogP contribution in [0, 0.1) is 20.2 Å². The predicted octanol–water partition coefficient (Wildman–Crippen LogP) is 3.49. The average molecular weight is 434 g/mol. The Balaban J connectivity index is 1.61. The number of hydrogen-bond donors (Lipinski definition) is 1. The van der Waals surface area contributed by atoms with E-state index in [1.807, 2.05) is 0 Å². The molecule has 0 spiro atoms. The number of para-hydroxylation sites is 1. The Hall–Kier alpha value is -4.93. The van der Waals surface area contributed by atoms with Crippen LogP contribution in [-0.4, -0.2) is 27.9 Å². The van der Waals surface area contributed by atoms with Crippen LogP contribution in [0.1, 0.15) is 26.3 Å². The van der Waals surface area contributed by atoms with Gasteiger partial charge >= 0.3 is 5.97 Å². The number of hydrazone groups is 1. The summed E-state index contributed by atoms with van der Waals surface area (Å²) in [5.74, 6) is -1.30. The van der Waals surface area contributed by atoms with Crippen molar-refractivity contribution in [1.29, 1.82) is 0 Å². The first-order valence-electron chi connectivity index (χ1n) is 8.98. The second-order valence-corrected chi connectivity index (χ2v) is 6.24. The van der Waals surface area contributed by atoms with Gasteiger partial charge in [0.15, 0.2) is 0 Å². The molecular weight excluding hydrogens is 420 g/mol. The van der Waals surface area contributed by atoms with Crippen LogP contribution in [-0.2, 0) is 0 Å². The Bertz CT molecular complexity index is 1220. The predicted molar refractivity (Wildman–Crippen MR) is 113 cm³/mol. The maximum absolute atomic E-state index is 12.2. The van der Waals surface area contributed by atoms with E-state index in [0.29, 0.717) is 5.56 Å². The lowest BCUT2D eigenvalue weighted by Crippen LogP contribution is -2.18. The van der Waals surface area contributed by atoms with Gasteiger partial charge in [0.05, 0.1) is 21.6 Å². The molecule has 11 nitrogen and oxygen atoms in total. The van der Waals surface area contributed by atoms with Crippen molar-refractivity contribution in [2.75, 3.05) is 0 Å². The van der Waals surface area contributed by atoms with E-state index in [4.69, 9.17) is 4.74 Å². The normalized spacial score (nSPS) is 10.5. The van der Waals surface area contributed by atoms with E-state index in [1.54, 1.807) is 12.1 Å². The van der Waals surface area contributed by atoms with Crippen molar-refractivity contribution in [3.8, 4) is 5.75 Å². The lowest BCUT2D eigenvalue weighted by molar-refractivity contribution is -0.385. The van der Waals surface area contributed by atoms with E-state index in [0.717, 1.165) is 6.07 Å². The smallest absolute Gasteiger partial charge is 0.343 e. The molecular formula is C21H14N4O7. The Morgan fingerprint density at radius 2 is 1.62 bits per heavy atom. The lowest BCUT2D eigenvalue weighted by atomic mass is 10.2. The molecule has 3 aromatic carbocycles. The van der Waals surface area contributed by atoms with E-state index in [1.165, 1.54) is 60.8 Å². The third kappa shape index (κ3) is 5.36. The van der Waals surface area contributed by atoms with Crippen molar-refractivity contribution >= 4 is 29.5 Å². The molecule has 11 heteroatoms. The van der Waals surface area contributed by atoms with Gasteiger partial charge in [0.2, 0.25) is 0 Å². The van der Waals surface area contributed by atoms with Crippen LogP contribution in [0.3, 0.4) is 0 Å². The van der Waals surface area contributed by atoms with Crippen LogP contribution in [0.15, 0.2) is 77.9 Å². The van der Waals surface area contributed by atoms with Gasteiger partial charge in [-0.25, -0.2) is 10.2 Å². The number of esters is 1. The molecule has 160 valence electrons. The van der Waals surface area contributed by atoms with Crippen LogP contribution in [0.25, 0.3) is 0 Å². The molecule has 1 N–H and O–H groups in total. The molecule has 0 aliphatic rings. The highest BCUT2D eigenvalue weighted by atomic mass is 16.6. The molecule has 0 unspecified atom stereocenters. The number of nitrogens with one attached hydrogen (secondary N) is 1. The third-order valence-corrected chi connectivity index (χ3v) is 4.11. The highest BCUT2D eigenvalue weighted by Crippen LogP contribution is 2.18. The van der Waals surface area contributed by atoms with E-state index >= 15 is 0 Å². The summed E-state index contributed by atoms with van der Waals surface area (Å²) in [5.41, 5.74) is 2.09. The summed E-state index contributed by atoms with van der Waals surface area (Å²) < 4.78 is 5.19. The highest BCUT2D eigenvalue weighted by Gasteiger charge is 2.18. The fraction of sp³-hybridized carbons (Fsp3) is 0. The minimum Gasteiger partial charge on any atom is -0.423 e. The SMILES string of the molecule is O=C(Oc1ccc(/C=N\NC(=O)c2ccccc2[N+](=O)[O-])cc1)c1cccc([N+](=O)[O-])c1. The number of nitro benzene ring substituents is 2. The molecule has 0 saturated heterocycles. The van der Waals surface area contributed by atoms with E-state index in [9.17, 15) is 29.8 Å². The third-order valence-electron chi connectivity index (χ3n) is 4.11. The standard InChI is InChI=1S/C21H14N4O7/c26-20(18-6-1-2-7-19(18)25(30)31)23-22-13-14-8-10-17(11-9-14)32-21(27)15-4-3-5-16(12-15)24(28)29/h1-13H,(H,23,26)/b22-13-. The Labute approximate surface area is 180 Å². The summed E-state index contributed by atoms with van der Waals surface area (Å²) in [6, 6.07) is 16.7. The van der Waals surface area contributed by atoms with Crippen molar-refractivity contribution in [3.05, 3.63) is 110 Å². The minimum atomic E-state index is -0.758. The van der Waals surface area contributed by atoms with Crippen LogP contribution in [0.2, 0.25) is 0 Å². The molecule has 0 aromatic heterocycles. The number of hydrogen-bond acceptors (Lipinski definition) is 8. The molecule has 0 atom stereocenters. The van der Waals surface area contributed by atoms with Crippen LogP contribution in [0.5, 0.6) is 5.75 Å². The fourth-order valence-electron chi connectivity index (χ4n) is 2.58. The number of amides is 1.